The van der Waals surface area contributed by atoms with E-state index in [0.29, 0.717) is 24.0 Å². The zero-order valence-electron chi connectivity index (χ0n) is 25.3. The minimum absolute atomic E-state index is 0.234. The van der Waals surface area contributed by atoms with Crippen LogP contribution in [0.25, 0.3) is 0 Å². The molecule has 208 valence electrons. The molecule has 0 aromatic heterocycles. The lowest BCUT2D eigenvalue weighted by molar-refractivity contribution is 0.107. The summed E-state index contributed by atoms with van der Waals surface area (Å²) in [7, 11) is -3.47. The third-order valence-electron chi connectivity index (χ3n) is 9.41. The molecule has 3 nitrogen and oxygen atoms in total. The maximum atomic E-state index is 9.60. The second-order valence-corrected chi connectivity index (χ2v) is 22.3. The molecule has 4 unspecified atom stereocenters. The molecule has 1 rings (SSSR count). The van der Waals surface area contributed by atoms with E-state index in [2.05, 4.69) is 74.6 Å². The van der Waals surface area contributed by atoms with E-state index >= 15 is 0 Å². The first kappa shape index (κ1) is 33.1. The Morgan fingerprint density at radius 1 is 1.00 bits per heavy atom. The molecule has 1 N–H and O–H groups in total. The molecule has 0 aliphatic heterocycles. The van der Waals surface area contributed by atoms with Crippen LogP contribution < -0.4 is 0 Å². The third kappa shape index (κ3) is 10.0. The summed E-state index contributed by atoms with van der Waals surface area (Å²) in [4.78, 5) is 0. The Morgan fingerprint density at radius 3 is 2.14 bits per heavy atom. The van der Waals surface area contributed by atoms with Crippen LogP contribution in [-0.2, 0) is 8.85 Å². The van der Waals surface area contributed by atoms with Gasteiger partial charge in [-0.15, -0.1) is 0 Å². The van der Waals surface area contributed by atoms with Crippen molar-refractivity contribution in [3.05, 3.63) is 11.6 Å². The van der Waals surface area contributed by atoms with Crippen molar-refractivity contribution in [2.24, 2.45) is 11.8 Å². The number of unbranched alkanes of at least 4 members (excludes halogenated alkanes) is 2. The van der Waals surface area contributed by atoms with E-state index in [1.807, 2.05) is 0 Å². The van der Waals surface area contributed by atoms with Gasteiger partial charge in [-0.2, -0.15) is 0 Å². The van der Waals surface area contributed by atoms with Crippen LogP contribution in [0.2, 0.25) is 36.3 Å². The van der Waals surface area contributed by atoms with Crippen molar-refractivity contribution in [1.29, 1.82) is 0 Å². The van der Waals surface area contributed by atoms with Crippen molar-refractivity contribution < 1.29 is 14.0 Å². The van der Waals surface area contributed by atoms with Crippen molar-refractivity contribution in [2.75, 3.05) is 6.61 Å². The summed E-state index contributed by atoms with van der Waals surface area (Å²) in [5.74, 6) is 1.07. The van der Waals surface area contributed by atoms with E-state index in [9.17, 15) is 5.11 Å². The zero-order chi connectivity index (χ0) is 26.7. The van der Waals surface area contributed by atoms with Gasteiger partial charge >= 0.3 is 0 Å². The Balaban J connectivity index is 2.99. The van der Waals surface area contributed by atoms with Gasteiger partial charge in [-0.25, -0.2) is 0 Å². The molecule has 4 atom stereocenters. The SMILES string of the molecule is CCCCCC(C)C(CCC1=CCC(O[Si](CC)(CC)CC)C1CCCO)O[Si](C)(C)C(C)(C)C. The molecule has 0 aromatic carbocycles. The third-order valence-corrected chi connectivity index (χ3v) is 18.6. The average molecular weight is 527 g/mol. The standard InChI is InChI=1S/C30H62O3Si2/c1-11-15-16-18-25(5)28(32-34(9,10)30(6,7)8)22-20-26-21-23-29(27(26)19-17-24-31)33-35(12-2,13-3)14-4/h21,25,27-29,31H,11-20,22-24H2,1-10H3. The summed E-state index contributed by atoms with van der Waals surface area (Å²) in [5, 5.41) is 9.83. The van der Waals surface area contributed by atoms with Crippen LogP contribution >= 0.6 is 0 Å². The molecule has 35 heavy (non-hydrogen) atoms. The number of hydrogen-bond donors (Lipinski definition) is 1. The summed E-state index contributed by atoms with van der Waals surface area (Å²) in [5.41, 5.74) is 1.58. The van der Waals surface area contributed by atoms with Gasteiger partial charge in [-0.05, 0) is 80.7 Å². The molecule has 0 spiro atoms. The van der Waals surface area contributed by atoms with Crippen LogP contribution in [0.15, 0.2) is 11.6 Å². The van der Waals surface area contributed by atoms with E-state index in [4.69, 9.17) is 8.85 Å². The summed E-state index contributed by atoms with van der Waals surface area (Å²) in [6.07, 6.45) is 13.5. The van der Waals surface area contributed by atoms with Gasteiger partial charge in [0.25, 0.3) is 0 Å². The number of aliphatic hydroxyl groups excluding tert-OH is 1. The van der Waals surface area contributed by atoms with Crippen LogP contribution in [0, 0.1) is 11.8 Å². The Hall–Kier alpha value is 0.0538. The van der Waals surface area contributed by atoms with Gasteiger partial charge < -0.3 is 14.0 Å². The van der Waals surface area contributed by atoms with Crippen LogP contribution in [0.4, 0.5) is 0 Å². The van der Waals surface area contributed by atoms with Gasteiger partial charge in [0.1, 0.15) is 0 Å². The van der Waals surface area contributed by atoms with Gasteiger partial charge in [0.15, 0.2) is 16.6 Å². The summed E-state index contributed by atoms with van der Waals surface area (Å²) < 4.78 is 14.1. The van der Waals surface area contributed by atoms with Crippen LogP contribution in [0.5, 0.6) is 0 Å². The van der Waals surface area contributed by atoms with Crippen LogP contribution in [0.3, 0.4) is 0 Å². The van der Waals surface area contributed by atoms with Crippen molar-refractivity contribution in [2.45, 2.75) is 162 Å². The number of aliphatic hydroxyl groups is 1. The Morgan fingerprint density at radius 2 is 1.63 bits per heavy atom. The van der Waals surface area contributed by atoms with Crippen molar-refractivity contribution in [1.82, 2.24) is 0 Å². The minimum atomic E-state index is -1.82. The zero-order valence-corrected chi connectivity index (χ0v) is 27.3. The maximum Gasteiger partial charge on any atom is 0.192 e. The molecule has 0 fully saturated rings. The molecule has 0 aromatic rings. The van der Waals surface area contributed by atoms with Gasteiger partial charge in [0.2, 0.25) is 0 Å². The fourth-order valence-corrected chi connectivity index (χ4v) is 9.83. The lowest BCUT2D eigenvalue weighted by Crippen LogP contribution is -2.45. The first-order valence-electron chi connectivity index (χ1n) is 15.1. The molecule has 0 radical (unpaired) electrons. The highest BCUT2D eigenvalue weighted by Gasteiger charge is 2.41. The lowest BCUT2D eigenvalue weighted by atomic mass is 9.88. The largest absolute Gasteiger partial charge is 0.414 e. The van der Waals surface area contributed by atoms with E-state index in [0.717, 1.165) is 32.1 Å². The number of rotatable bonds is 18. The molecule has 0 bridgehead atoms. The smallest absolute Gasteiger partial charge is 0.192 e. The van der Waals surface area contributed by atoms with Gasteiger partial charge in [-0.1, -0.05) is 86.3 Å². The van der Waals surface area contributed by atoms with Gasteiger partial charge in [0.05, 0.1) is 6.10 Å². The monoisotopic (exact) mass is 526 g/mol. The second-order valence-electron chi connectivity index (χ2n) is 12.8. The molecule has 0 heterocycles. The minimum Gasteiger partial charge on any atom is -0.414 e. The highest BCUT2D eigenvalue weighted by molar-refractivity contribution is 6.74. The lowest BCUT2D eigenvalue weighted by Gasteiger charge is -2.41. The Labute approximate surface area is 222 Å². The fourth-order valence-electron chi connectivity index (χ4n) is 5.47. The molecule has 0 saturated heterocycles. The average Bonchev–Trinajstić information content (AvgIpc) is 3.18. The highest BCUT2D eigenvalue weighted by atomic mass is 28.4. The molecule has 1 aliphatic rings. The van der Waals surface area contributed by atoms with Gasteiger partial charge in [-0.3, -0.25) is 0 Å². The van der Waals surface area contributed by atoms with Gasteiger partial charge in [0, 0.05) is 18.6 Å². The van der Waals surface area contributed by atoms with E-state index in [1.54, 1.807) is 5.57 Å². The normalized spacial score (nSPS) is 21.3. The van der Waals surface area contributed by atoms with Crippen LogP contribution in [-0.4, -0.2) is 40.6 Å². The number of hydrogen-bond acceptors (Lipinski definition) is 3. The fraction of sp³-hybridized carbons (Fsp3) is 0.933. The summed E-state index contributed by atoms with van der Waals surface area (Å²) >= 11 is 0. The maximum absolute atomic E-state index is 9.60. The Bertz CT molecular complexity index is 599. The molecule has 1 aliphatic carbocycles. The van der Waals surface area contributed by atoms with Crippen molar-refractivity contribution in [3.63, 3.8) is 0 Å². The quantitative estimate of drug-likeness (QED) is 0.110. The molecular weight excluding hydrogens is 464 g/mol. The van der Waals surface area contributed by atoms with E-state index < -0.39 is 16.6 Å². The van der Waals surface area contributed by atoms with Crippen molar-refractivity contribution in [3.8, 4) is 0 Å². The highest BCUT2D eigenvalue weighted by Crippen LogP contribution is 2.42. The van der Waals surface area contributed by atoms with Crippen LogP contribution in [0.1, 0.15) is 113 Å². The first-order valence-corrected chi connectivity index (χ1v) is 20.5. The molecule has 0 amide bonds. The predicted molar refractivity (Wildman–Crippen MR) is 159 cm³/mol. The van der Waals surface area contributed by atoms with E-state index in [-0.39, 0.29) is 11.6 Å². The molecule has 0 saturated carbocycles. The van der Waals surface area contributed by atoms with Crippen molar-refractivity contribution >= 4 is 16.6 Å². The molecule has 5 heteroatoms. The topological polar surface area (TPSA) is 38.7 Å². The summed E-state index contributed by atoms with van der Waals surface area (Å²) in [6.45, 7) is 23.9. The first-order chi connectivity index (χ1) is 16.4. The Kier molecular flexibility index (Phi) is 14.6. The summed E-state index contributed by atoms with van der Waals surface area (Å²) in [6, 6.07) is 3.61. The molecular formula is C30H62O3Si2. The van der Waals surface area contributed by atoms with E-state index in [1.165, 1.54) is 43.8 Å². The predicted octanol–water partition coefficient (Wildman–Crippen LogP) is 9.48. The second kappa shape index (κ2) is 15.5.